The van der Waals surface area contributed by atoms with Gasteiger partial charge >= 0.3 is 6.03 Å². The van der Waals surface area contributed by atoms with Gasteiger partial charge in [-0.05, 0) is 38.1 Å². The van der Waals surface area contributed by atoms with E-state index in [1.807, 2.05) is 13.8 Å². The minimum atomic E-state index is -0.179. The van der Waals surface area contributed by atoms with Crippen molar-refractivity contribution in [3.63, 3.8) is 0 Å². The molecule has 6 nitrogen and oxygen atoms in total. The lowest BCUT2D eigenvalue weighted by Gasteiger charge is -2.19. The summed E-state index contributed by atoms with van der Waals surface area (Å²) in [4.78, 5) is 13.3. The molecular formula is C12H18N4O2. The van der Waals surface area contributed by atoms with Crippen molar-refractivity contribution in [1.29, 1.82) is 0 Å². The van der Waals surface area contributed by atoms with E-state index in [1.165, 1.54) is 4.90 Å². The molecular weight excluding hydrogens is 232 g/mol. The third-order valence-electron chi connectivity index (χ3n) is 2.37. The second kappa shape index (κ2) is 5.90. The number of carbonyl (C=O) groups excluding carboxylic acids is 1. The van der Waals surface area contributed by atoms with Crippen molar-refractivity contribution in [3.05, 3.63) is 29.8 Å². The van der Waals surface area contributed by atoms with Gasteiger partial charge in [-0.25, -0.2) is 4.79 Å². The van der Waals surface area contributed by atoms with Crippen LogP contribution in [0.1, 0.15) is 19.4 Å². The highest BCUT2D eigenvalue weighted by Crippen LogP contribution is 2.14. The number of carbonyl (C=O) groups is 1. The van der Waals surface area contributed by atoms with Gasteiger partial charge in [0.15, 0.2) is 5.84 Å². The maximum Gasteiger partial charge on any atom is 0.321 e. The molecule has 0 bridgehead atoms. The summed E-state index contributed by atoms with van der Waals surface area (Å²) in [7, 11) is 1.68. The Labute approximate surface area is 106 Å². The van der Waals surface area contributed by atoms with Crippen LogP contribution in [0.5, 0.6) is 0 Å². The molecule has 0 aliphatic rings. The lowest BCUT2D eigenvalue weighted by Crippen LogP contribution is -2.40. The van der Waals surface area contributed by atoms with E-state index in [2.05, 4.69) is 10.5 Å². The van der Waals surface area contributed by atoms with Crippen LogP contribution in [0.15, 0.2) is 29.4 Å². The van der Waals surface area contributed by atoms with Crippen LogP contribution in [0.4, 0.5) is 10.5 Å². The summed E-state index contributed by atoms with van der Waals surface area (Å²) in [6, 6.07) is 6.73. The fourth-order valence-corrected chi connectivity index (χ4v) is 1.37. The highest BCUT2D eigenvalue weighted by atomic mass is 16.4. The normalized spacial score (nSPS) is 11.4. The van der Waals surface area contributed by atoms with Crippen molar-refractivity contribution >= 4 is 17.6 Å². The predicted molar refractivity (Wildman–Crippen MR) is 71.0 cm³/mol. The molecule has 0 fully saturated rings. The molecule has 4 N–H and O–H groups in total. The van der Waals surface area contributed by atoms with Gasteiger partial charge in [0, 0.05) is 24.3 Å². The van der Waals surface area contributed by atoms with E-state index in [1.54, 1.807) is 31.3 Å². The molecule has 6 heteroatoms. The van der Waals surface area contributed by atoms with Crippen molar-refractivity contribution in [2.75, 3.05) is 11.9 Å². The fraction of sp³-hybridized carbons (Fsp3) is 0.333. The molecule has 0 atom stereocenters. The second-order valence-electron chi connectivity index (χ2n) is 4.20. The number of anilines is 1. The van der Waals surface area contributed by atoms with Gasteiger partial charge < -0.3 is 16.3 Å². The van der Waals surface area contributed by atoms with Crippen LogP contribution in [0.2, 0.25) is 0 Å². The Kier molecular flexibility index (Phi) is 4.53. The average molecular weight is 250 g/mol. The molecule has 0 spiro atoms. The number of oxime groups is 1. The molecule has 0 aromatic heterocycles. The quantitative estimate of drug-likeness (QED) is 0.327. The van der Waals surface area contributed by atoms with Crippen LogP contribution in [-0.4, -0.2) is 30.2 Å². The van der Waals surface area contributed by atoms with E-state index >= 15 is 0 Å². The Hall–Kier alpha value is -2.24. The smallest absolute Gasteiger partial charge is 0.321 e. The van der Waals surface area contributed by atoms with Gasteiger partial charge in [-0.2, -0.15) is 0 Å². The number of rotatable bonds is 3. The molecule has 2 amide bonds. The Bertz CT molecular complexity index is 440. The van der Waals surface area contributed by atoms with Crippen molar-refractivity contribution in [1.82, 2.24) is 5.32 Å². The second-order valence-corrected chi connectivity index (χ2v) is 4.20. The molecule has 0 saturated heterocycles. The topological polar surface area (TPSA) is 91.0 Å². The van der Waals surface area contributed by atoms with Crippen molar-refractivity contribution in [2.45, 2.75) is 19.9 Å². The first-order valence-corrected chi connectivity index (χ1v) is 5.58. The maximum atomic E-state index is 11.8. The molecule has 98 valence electrons. The van der Waals surface area contributed by atoms with Crippen LogP contribution >= 0.6 is 0 Å². The lowest BCUT2D eigenvalue weighted by molar-refractivity contribution is 0.245. The van der Waals surface area contributed by atoms with E-state index in [0.29, 0.717) is 5.56 Å². The number of hydrogen-bond donors (Lipinski definition) is 3. The number of nitrogens with one attached hydrogen (secondary N) is 1. The summed E-state index contributed by atoms with van der Waals surface area (Å²) in [5.41, 5.74) is 6.77. The molecule has 1 rings (SSSR count). The van der Waals surface area contributed by atoms with Gasteiger partial charge in [0.25, 0.3) is 0 Å². The number of nitrogens with zero attached hydrogens (tertiary/aromatic N) is 2. The van der Waals surface area contributed by atoms with Crippen molar-refractivity contribution in [2.24, 2.45) is 10.9 Å². The zero-order chi connectivity index (χ0) is 13.7. The molecule has 1 aromatic rings. The first-order valence-electron chi connectivity index (χ1n) is 5.58. The molecule has 0 unspecified atom stereocenters. The number of urea groups is 1. The number of nitrogens with two attached hydrogens (primary N) is 1. The molecule has 0 heterocycles. The summed E-state index contributed by atoms with van der Waals surface area (Å²) >= 11 is 0. The summed E-state index contributed by atoms with van der Waals surface area (Å²) in [5.74, 6) is 0.0378. The summed E-state index contributed by atoms with van der Waals surface area (Å²) in [6.45, 7) is 3.79. The largest absolute Gasteiger partial charge is 0.409 e. The number of amidine groups is 1. The zero-order valence-corrected chi connectivity index (χ0v) is 10.7. The third kappa shape index (κ3) is 3.38. The lowest BCUT2D eigenvalue weighted by atomic mass is 10.2. The monoisotopic (exact) mass is 250 g/mol. The molecule has 1 aromatic carbocycles. The highest BCUT2D eigenvalue weighted by molar-refractivity contribution is 5.98. The molecule has 0 aliphatic carbocycles. The van der Waals surface area contributed by atoms with Crippen LogP contribution in [0.25, 0.3) is 0 Å². The van der Waals surface area contributed by atoms with Gasteiger partial charge in [0.2, 0.25) is 0 Å². The summed E-state index contributed by atoms with van der Waals surface area (Å²) < 4.78 is 0. The van der Waals surface area contributed by atoms with Gasteiger partial charge in [0.05, 0.1) is 0 Å². The molecule has 0 aliphatic heterocycles. The van der Waals surface area contributed by atoms with Gasteiger partial charge in [-0.3, -0.25) is 4.90 Å². The Morgan fingerprint density at radius 1 is 1.39 bits per heavy atom. The van der Waals surface area contributed by atoms with Gasteiger partial charge in [-0.15, -0.1) is 0 Å². The van der Waals surface area contributed by atoms with Crippen LogP contribution in [-0.2, 0) is 0 Å². The molecule has 0 saturated carbocycles. The number of amides is 2. The summed E-state index contributed by atoms with van der Waals surface area (Å²) in [6.07, 6.45) is 0. The predicted octanol–water partition coefficient (Wildman–Crippen LogP) is 1.34. The van der Waals surface area contributed by atoms with Crippen molar-refractivity contribution < 1.29 is 10.0 Å². The highest BCUT2D eigenvalue weighted by Gasteiger charge is 2.11. The van der Waals surface area contributed by atoms with Crippen LogP contribution in [0, 0.1) is 0 Å². The van der Waals surface area contributed by atoms with Crippen LogP contribution in [0.3, 0.4) is 0 Å². The molecule has 0 radical (unpaired) electrons. The standard InChI is InChI=1S/C12H18N4O2/c1-8(2)14-12(17)16(3)10-6-4-9(5-7-10)11(13)15-18/h4-8,18H,1-3H3,(H2,13,15)(H,14,17). The van der Waals surface area contributed by atoms with E-state index < -0.39 is 0 Å². The fourth-order valence-electron chi connectivity index (χ4n) is 1.37. The Morgan fingerprint density at radius 2 is 1.94 bits per heavy atom. The van der Waals surface area contributed by atoms with E-state index in [0.717, 1.165) is 5.69 Å². The van der Waals surface area contributed by atoms with Crippen LogP contribution < -0.4 is 16.0 Å². The SMILES string of the molecule is CC(C)NC(=O)N(C)c1ccc(C(N)=NO)cc1. The summed E-state index contributed by atoms with van der Waals surface area (Å²) in [5, 5.41) is 14.2. The van der Waals surface area contributed by atoms with E-state index in [4.69, 9.17) is 10.9 Å². The van der Waals surface area contributed by atoms with E-state index in [-0.39, 0.29) is 17.9 Å². The average Bonchev–Trinajstić information content (AvgIpc) is 2.36. The minimum Gasteiger partial charge on any atom is -0.409 e. The molecule has 18 heavy (non-hydrogen) atoms. The van der Waals surface area contributed by atoms with Gasteiger partial charge in [-0.1, -0.05) is 5.16 Å². The Balaban J connectivity index is 2.82. The third-order valence-corrected chi connectivity index (χ3v) is 2.37. The number of hydrogen-bond acceptors (Lipinski definition) is 3. The maximum absolute atomic E-state index is 11.8. The van der Waals surface area contributed by atoms with Crippen molar-refractivity contribution in [3.8, 4) is 0 Å². The Morgan fingerprint density at radius 3 is 2.39 bits per heavy atom. The zero-order valence-electron chi connectivity index (χ0n) is 10.7. The van der Waals surface area contributed by atoms with E-state index in [9.17, 15) is 4.79 Å². The first kappa shape index (κ1) is 13.8. The first-order chi connectivity index (χ1) is 8.45. The minimum absolute atomic E-state index is 0.0378. The van der Waals surface area contributed by atoms with Gasteiger partial charge in [0.1, 0.15) is 0 Å². The number of benzene rings is 1.